The molecular formula is C15H29N3O2. The van der Waals surface area contributed by atoms with E-state index < -0.39 is 0 Å². The molecule has 4 atom stereocenters. The predicted molar refractivity (Wildman–Crippen MR) is 79.3 cm³/mol. The van der Waals surface area contributed by atoms with E-state index in [0.29, 0.717) is 6.54 Å². The van der Waals surface area contributed by atoms with Crippen molar-refractivity contribution in [2.75, 3.05) is 32.8 Å². The van der Waals surface area contributed by atoms with Gasteiger partial charge in [0.05, 0.1) is 12.7 Å². The minimum atomic E-state index is 0.0737. The van der Waals surface area contributed by atoms with Crippen LogP contribution in [0.3, 0.4) is 0 Å². The highest BCUT2D eigenvalue weighted by Crippen LogP contribution is 2.29. The number of ether oxygens (including phenoxy) is 1. The smallest absolute Gasteiger partial charge is 0.223 e. The van der Waals surface area contributed by atoms with E-state index in [1.54, 1.807) is 0 Å². The Labute approximate surface area is 122 Å². The van der Waals surface area contributed by atoms with E-state index in [2.05, 4.69) is 24.1 Å². The molecule has 0 bridgehead atoms. The van der Waals surface area contributed by atoms with Crippen molar-refractivity contribution in [1.29, 1.82) is 0 Å². The summed E-state index contributed by atoms with van der Waals surface area (Å²) in [4.78, 5) is 14.7. The van der Waals surface area contributed by atoms with Gasteiger partial charge in [-0.15, -0.1) is 0 Å². The fourth-order valence-corrected chi connectivity index (χ4v) is 3.30. The first-order valence-corrected chi connectivity index (χ1v) is 7.99. The summed E-state index contributed by atoms with van der Waals surface area (Å²) in [6.07, 6.45) is 3.20. The van der Waals surface area contributed by atoms with Gasteiger partial charge in [0.1, 0.15) is 0 Å². The molecule has 20 heavy (non-hydrogen) atoms. The molecule has 1 heterocycles. The van der Waals surface area contributed by atoms with Gasteiger partial charge in [0.15, 0.2) is 0 Å². The highest BCUT2D eigenvalue weighted by molar-refractivity contribution is 5.79. The van der Waals surface area contributed by atoms with Crippen molar-refractivity contribution in [3.8, 4) is 0 Å². The molecule has 116 valence electrons. The second kappa shape index (κ2) is 7.38. The predicted octanol–water partition coefficient (Wildman–Crippen LogP) is 0.587. The number of likely N-dealkylation sites (N-methyl/N-ethyl adjacent to an activating group) is 1. The zero-order chi connectivity index (χ0) is 14.5. The molecule has 5 heteroatoms. The lowest BCUT2D eigenvalue weighted by molar-refractivity contribution is -0.129. The minimum Gasteiger partial charge on any atom is -0.374 e. The van der Waals surface area contributed by atoms with E-state index in [9.17, 15) is 4.79 Å². The van der Waals surface area contributed by atoms with E-state index >= 15 is 0 Å². The van der Waals surface area contributed by atoms with Gasteiger partial charge in [0.2, 0.25) is 5.91 Å². The molecule has 0 aromatic carbocycles. The summed E-state index contributed by atoms with van der Waals surface area (Å²) in [5.41, 5.74) is 6.07. The molecule has 1 saturated carbocycles. The number of nitrogens with two attached hydrogens (primary N) is 1. The zero-order valence-corrected chi connectivity index (χ0v) is 12.8. The number of rotatable bonds is 4. The van der Waals surface area contributed by atoms with E-state index in [1.165, 1.54) is 0 Å². The first-order valence-electron chi connectivity index (χ1n) is 7.99. The van der Waals surface area contributed by atoms with Crippen molar-refractivity contribution in [1.82, 2.24) is 10.2 Å². The average molecular weight is 283 g/mol. The quantitative estimate of drug-likeness (QED) is 0.792. The Kier molecular flexibility index (Phi) is 5.81. The standard InChI is InChI=1S/C15H29N3O2/c1-3-18-7-8-20-12(10-18)9-17-15(19)13-5-4-6-14(16)11(13)2/h11-14H,3-10,16H2,1-2H3,(H,17,19). The third-order valence-electron chi connectivity index (χ3n) is 4.87. The van der Waals surface area contributed by atoms with Crippen LogP contribution in [0.4, 0.5) is 0 Å². The number of carbonyl (C=O) groups excluding carboxylic acids is 1. The number of nitrogens with zero attached hydrogens (tertiary/aromatic N) is 1. The van der Waals surface area contributed by atoms with Crippen molar-refractivity contribution in [3.63, 3.8) is 0 Å². The van der Waals surface area contributed by atoms with Gasteiger partial charge in [-0.3, -0.25) is 9.69 Å². The molecule has 2 fully saturated rings. The fraction of sp³-hybridized carbons (Fsp3) is 0.933. The molecule has 0 radical (unpaired) electrons. The molecule has 5 nitrogen and oxygen atoms in total. The van der Waals surface area contributed by atoms with Crippen LogP contribution in [0.25, 0.3) is 0 Å². The van der Waals surface area contributed by atoms with E-state index in [1.807, 2.05) is 0 Å². The van der Waals surface area contributed by atoms with Gasteiger partial charge >= 0.3 is 0 Å². The summed E-state index contributed by atoms with van der Waals surface area (Å²) >= 11 is 0. The van der Waals surface area contributed by atoms with Gasteiger partial charge in [-0.1, -0.05) is 20.3 Å². The maximum atomic E-state index is 12.3. The lowest BCUT2D eigenvalue weighted by Gasteiger charge is -2.34. The van der Waals surface area contributed by atoms with Crippen LogP contribution in [-0.4, -0.2) is 55.7 Å². The maximum absolute atomic E-state index is 12.3. The van der Waals surface area contributed by atoms with Gasteiger partial charge in [-0.25, -0.2) is 0 Å². The Balaban J connectivity index is 1.77. The number of hydrogen-bond donors (Lipinski definition) is 2. The Hall–Kier alpha value is -0.650. The summed E-state index contributed by atoms with van der Waals surface area (Å²) < 4.78 is 5.71. The second-order valence-corrected chi connectivity index (χ2v) is 6.19. The summed E-state index contributed by atoms with van der Waals surface area (Å²) in [5.74, 6) is 0.512. The largest absolute Gasteiger partial charge is 0.374 e. The van der Waals surface area contributed by atoms with Crippen LogP contribution in [0, 0.1) is 11.8 Å². The first-order chi connectivity index (χ1) is 9.61. The molecule has 2 rings (SSSR count). The Morgan fingerprint density at radius 3 is 3.00 bits per heavy atom. The normalized spacial score (nSPS) is 35.8. The highest BCUT2D eigenvalue weighted by Gasteiger charge is 2.32. The number of nitrogens with one attached hydrogen (secondary N) is 1. The number of carbonyl (C=O) groups is 1. The van der Waals surface area contributed by atoms with E-state index in [-0.39, 0.29) is 29.9 Å². The topological polar surface area (TPSA) is 67.6 Å². The molecule has 3 N–H and O–H groups in total. The Morgan fingerprint density at radius 1 is 1.45 bits per heavy atom. The summed E-state index contributed by atoms with van der Waals surface area (Å²) in [6, 6.07) is 0.168. The molecule has 1 saturated heterocycles. The van der Waals surface area contributed by atoms with Crippen LogP contribution in [0.15, 0.2) is 0 Å². The number of hydrogen-bond acceptors (Lipinski definition) is 4. The van der Waals surface area contributed by atoms with E-state index in [0.717, 1.165) is 45.5 Å². The summed E-state index contributed by atoms with van der Waals surface area (Å²) in [7, 11) is 0. The highest BCUT2D eigenvalue weighted by atomic mass is 16.5. The van der Waals surface area contributed by atoms with Crippen molar-refractivity contribution in [2.24, 2.45) is 17.6 Å². The lowest BCUT2D eigenvalue weighted by atomic mass is 9.77. The second-order valence-electron chi connectivity index (χ2n) is 6.19. The zero-order valence-electron chi connectivity index (χ0n) is 12.8. The molecule has 0 aromatic rings. The van der Waals surface area contributed by atoms with Crippen molar-refractivity contribution in [2.45, 2.75) is 45.3 Å². The maximum Gasteiger partial charge on any atom is 0.223 e. The van der Waals surface area contributed by atoms with Crippen LogP contribution < -0.4 is 11.1 Å². The van der Waals surface area contributed by atoms with Crippen LogP contribution in [0.1, 0.15) is 33.1 Å². The fourth-order valence-electron chi connectivity index (χ4n) is 3.30. The molecule has 0 spiro atoms. The van der Waals surface area contributed by atoms with Gasteiger partial charge in [0, 0.05) is 31.6 Å². The molecule has 0 aromatic heterocycles. The van der Waals surface area contributed by atoms with Crippen molar-refractivity contribution < 1.29 is 9.53 Å². The van der Waals surface area contributed by atoms with Crippen LogP contribution in [0.2, 0.25) is 0 Å². The first kappa shape index (κ1) is 15.7. The van der Waals surface area contributed by atoms with Gasteiger partial charge in [0.25, 0.3) is 0 Å². The third kappa shape index (κ3) is 3.93. The molecular weight excluding hydrogens is 254 g/mol. The Bertz CT molecular complexity index is 324. The third-order valence-corrected chi connectivity index (χ3v) is 4.87. The van der Waals surface area contributed by atoms with Crippen molar-refractivity contribution >= 4 is 5.91 Å². The van der Waals surface area contributed by atoms with Crippen molar-refractivity contribution in [3.05, 3.63) is 0 Å². The van der Waals surface area contributed by atoms with Crippen LogP contribution >= 0.6 is 0 Å². The number of morpholine rings is 1. The van der Waals surface area contributed by atoms with Crippen LogP contribution in [0.5, 0.6) is 0 Å². The van der Waals surface area contributed by atoms with Gasteiger partial charge < -0.3 is 15.8 Å². The molecule has 1 aliphatic heterocycles. The summed E-state index contributed by atoms with van der Waals surface area (Å²) in [6.45, 7) is 8.59. The van der Waals surface area contributed by atoms with Gasteiger partial charge in [-0.2, -0.15) is 0 Å². The molecule has 4 unspecified atom stereocenters. The monoisotopic (exact) mass is 283 g/mol. The SMILES string of the molecule is CCN1CCOC(CNC(=O)C2CCCC(N)C2C)C1. The Morgan fingerprint density at radius 2 is 2.25 bits per heavy atom. The molecule has 2 aliphatic rings. The number of amides is 1. The van der Waals surface area contributed by atoms with Crippen LogP contribution in [-0.2, 0) is 9.53 Å². The molecule has 1 amide bonds. The van der Waals surface area contributed by atoms with Gasteiger partial charge in [-0.05, 0) is 25.3 Å². The van der Waals surface area contributed by atoms with E-state index in [4.69, 9.17) is 10.5 Å². The molecule has 1 aliphatic carbocycles. The minimum absolute atomic E-state index is 0.0737. The summed E-state index contributed by atoms with van der Waals surface area (Å²) in [5, 5.41) is 3.07. The average Bonchev–Trinajstić information content (AvgIpc) is 2.48. The lowest BCUT2D eigenvalue weighted by Crippen LogP contribution is -2.50.